The maximum Gasteiger partial charge on any atom is 0.273 e. The van der Waals surface area contributed by atoms with Gasteiger partial charge in [0.05, 0.1) is 6.10 Å². The fraction of sp³-hybridized carbons (Fsp3) is 0.333. The standard InChI is InChI=1S/C15H16N2O3/c18-15(13-9-19-10-17-13)16-8-12-6-7-20-14(12)11-4-2-1-3-5-11/h1-5,9-10,12,14H,6-8H2,(H,16,18)/t12-,14-/m1/s1. The van der Waals surface area contributed by atoms with Crippen LogP contribution >= 0.6 is 0 Å². The molecule has 104 valence electrons. The van der Waals surface area contributed by atoms with Crippen LogP contribution in [0.5, 0.6) is 0 Å². The van der Waals surface area contributed by atoms with E-state index in [4.69, 9.17) is 9.15 Å². The summed E-state index contributed by atoms with van der Waals surface area (Å²) < 4.78 is 10.6. The summed E-state index contributed by atoms with van der Waals surface area (Å²) in [7, 11) is 0. The van der Waals surface area contributed by atoms with Gasteiger partial charge in [-0.25, -0.2) is 4.98 Å². The van der Waals surface area contributed by atoms with Gasteiger partial charge < -0.3 is 14.5 Å². The van der Waals surface area contributed by atoms with Gasteiger partial charge in [0.25, 0.3) is 5.91 Å². The van der Waals surface area contributed by atoms with Gasteiger partial charge in [-0.15, -0.1) is 0 Å². The zero-order valence-electron chi connectivity index (χ0n) is 11.0. The van der Waals surface area contributed by atoms with Crippen molar-refractivity contribution in [3.8, 4) is 0 Å². The summed E-state index contributed by atoms with van der Waals surface area (Å²) in [6.07, 6.45) is 3.59. The Morgan fingerprint density at radius 1 is 1.35 bits per heavy atom. The lowest BCUT2D eigenvalue weighted by molar-refractivity contribution is 0.0844. The number of hydrogen-bond donors (Lipinski definition) is 1. The van der Waals surface area contributed by atoms with Crippen molar-refractivity contribution in [2.75, 3.05) is 13.2 Å². The van der Waals surface area contributed by atoms with Gasteiger partial charge in [-0.3, -0.25) is 4.79 Å². The Labute approximate surface area is 117 Å². The molecule has 5 heteroatoms. The van der Waals surface area contributed by atoms with Crippen molar-refractivity contribution in [2.45, 2.75) is 12.5 Å². The quantitative estimate of drug-likeness (QED) is 0.926. The Bertz CT molecular complexity index is 554. The number of carbonyl (C=O) groups excluding carboxylic acids is 1. The molecule has 2 heterocycles. The minimum Gasteiger partial charge on any atom is -0.451 e. The first kappa shape index (κ1) is 12.9. The van der Waals surface area contributed by atoms with Gasteiger partial charge in [0.2, 0.25) is 0 Å². The molecule has 0 spiro atoms. The molecule has 1 aromatic heterocycles. The highest BCUT2D eigenvalue weighted by molar-refractivity contribution is 5.91. The first-order valence-electron chi connectivity index (χ1n) is 6.67. The first-order chi connectivity index (χ1) is 9.84. The van der Waals surface area contributed by atoms with Crippen molar-refractivity contribution in [3.63, 3.8) is 0 Å². The number of benzene rings is 1. The van der Waals surface area contributed by atoms with Gasteiger partial charge in [-0.05, 0) is 12.0 Å². The summed E-state index contributed by atoms with van der Waals surface area (Å²) in [6.45, 7) is 1.30. The van der Waals surface area contributed by atoms with E-state index in [1.807, 2.05) is 18.2 Å². The number of oxazole rings is 1. The summed E-state index contributed by atoms with van der Waals surface area (Å²) in [5, 5.41) is 2.89. The number of aromatic nitrogens is 1. The van der Waals surface area contributed by atoms with Crippen molar-refractivity contribution in [1.29, 1.82) is 0 Å². The molecule has 0 bridgehead atoms. The molecule has 5 nitrogen and oxygen atoms in total. The molecule has 0 unspecified atom stereocenters. The summed E-state index contributed by atoms with van der Waals surface area (Å²) in [5.41, 5.74) is 1.46. The lowest BCUT2D eigenvalue weighted by Gasteiger charge is -2.19. The Morgan fingerprint density at radius 3 is 2.95 bits per heavy atom. The molecule has 1 N–H and O–H groups in total. The minimum absolute atomic E-state index is 0.0498. The van der Waals surface area contributed by atoms with Crippen LogP contribution in [0.4, 0.5) is 0 Å². The van der Waals surface area contributed by atoms with Gasteiger partial charge in [-0.1, -0.05) is 30.3 Å². The Kier molecular flexibility index (Phi) is 3.78. The monoisotopic (exact) mass is 272 g/mol. The number of rotatable bonds is 4. The molecule has 1 amide bonds. The molecule has 0 aliphatic carbocycles. The summed E-state index contributed by atoms with van der Waals surface area (Å²) in [5.74, 6) is 0.0747. The second kappa shape index (κ2) is 5.88. The van der Waals surface area contributed by atoms with Crippen molar-refractivity contribution >= 4 is 5.91 Å². The molecule has 1 aliphatic rings. The SMILES string of the molecule is O=C(NC[C@H]1CCO[C@@H]1c1ccccc1)c1cocn1. The summed E-state index contributed by atoms with van der Waals surface area (Å²) in [6, 6.07) is 10.1. The Hall–Kier alpha value is -2.14. The number of carbonyl (C=O) groups is 1. The lowest BCUT2D eigenvalue weighted by Crippen LogP contribution is -2.30. The molecule has 1 saturated heterocycles. The first-order valence-corrected chi connectivity index (χ1v) is 6.67. The molecule has 0 saturated carbocycles. The van der Waals surface area contributed by atoms with Crippen molar-refractivity contribution in [2.24, 2.45) is 5.92 Å². The Morgan fingerprint density at radius 2 is 2.20 bits per heavy atom. The van der Waals surface area contributed by atoms with E-state index < -0.39 is 0 Å². The van der Waals surface area contributed by atoms with Crippen molar-refractivity contribution in [3.05, 3.63) is 54.2 Å². The van der Waals surface area contributed by atoms with E-state index in [0.717, 1.165) is 18.6 Å². The third-order valence-electron chi connectivity index (χ3n) is 3.53. The van der Waals surface area contributed by atoms with Crippen LogP contribution in [0, 0.1) is 5.92 Å². The van der Waals surface area contributed by atoms with Crippen LogP contribution < -0.4 is 5.32 Å². The average molecular weight is 272 g/mol. The van der Waals surface area contributed by atoms with E-state index in [2.05, 4.69) is 22.4 Å². The summed E-state index contributed by atoms with van der Waals surface area (Å²) >= 11 is 0. The fourth-order valence-electron chi connectivity index (χ4n) is 2.49. The highest BCUT2D eigenvalue weighted by Crippen LogP contribution is 2.33. The second-order valence-corrected chi connectivity index (χ2v) is 4.83. The third-order valence-corrected chi connectivity index (χ3v) is 3.53. The van der Waals surface area contributed by atoms with Crippen molar-refractivity contribution in [1.82, 2.24) is 10.3 Å². The second-order valence-electron chi connectivity index (χ2n) is 4.83. The smallest absolute Gasteiger partial charge is 0.273 e. The molecular weight excluding hydrogens is 256 g/mol. The number of hydrogen-bond acceptors (Lipinski definition) is 4. The number of nitrogens with one attached hydrogen (secondary N) is 1. The highest BCUT2D eigenvalue weighted by Gasteiger charge is 2.29. The van der Waals surface area contributed by atoms with E-state index in [0.29, 0.717) is 12.2 Å². The van der Waals surface area contributed by atoms with E-state index in [9.17, 15) is 4.79 Å². The number of nitrogens with zero attached hydrogens (tertiary/aromatic N) is 1. The van der Waals surface area contributed by atoms with Crippen LogP contribution in [-0.2, 0) is 4.74 Å². The van der Waals surface area contributed by atoms with Gasteiger partial charge in [0, 0.05) is 19.1 Å². The van der Waals surface area contributed by atoms with Crippen LogP contribution in [0.1, 0.15) is 28.6 Å². The zero-order chi connectivity index (χ0) is 13.8. The molecule has 1 aromatic carbocycles. The van der Waals surface area contributed by atoms with Gasteiger partial charge in [0.15, 0.2) is 12.1 Å². The van der Waals surface area contributed by atoms with Crippen LogP contribution in [0.3, 0.4) is 0 Å². The van der Waals surface area contributed by atoms with Gasteiger partial charge >= 0.3 is 0 Å². The molecule has 1 fully saturated rings. The molecule has 3 rings (SSSR count). The predicted octanol–water partition coefficient (Wildman–Crippen LogP) is 2.18. The molecule has 1 aliphatic heterocycles. The van der Waals surface area contributed by atoms with Crippen LogP contribution in [0.15, 0.2) is 47.4 Å². The van der Waals surface area contributed by atoms with E-state index in [1.54, 1.807) is 0 Å². The topological polar surface area (TPSA) is 64.4 Å². The van der Waals surface area contributed by atoms with Crippen molar-refractivity contribution < 1.29 is 13.9 Å². The zero-order valence-corrected chi connectivity index (χ0v) is 11.0. The van der Waals surface area contributed by atoms with Crippen LogP contribution in [0.2, 0.25) is 0 Å². The third kappa shape index (κ3) is 2.72. The summed E-state index contributed by atoms with van der Waals surface area (Å²) in [4.78, 5) is 15.7. The average Bonchev–Trinajstić information content (AvgIpc) is 3.17. The normalized spacial score (nSPS) is 21.8. The maximum atomic E-state index is 11.8. The highest BCUT2D eigenvalue weighted by atomic mass is 16.5. The number of ether oxygens (including phenoxy) is 1. The van der Waals surface area contributed by atoms with Crippen LogP contribution in [-0.4, -0.2) is 24.0 Å². The van der Waals surface area contributed by atoms with Gasteiger partial charge in [0.1, 0.15) is 6.26 Å². The minimum atomic E-state index is -0.211. The Balaban J connectivity index is 1.61. The van der Waals surface area contributed by atoms with E-state index in [1.165, 1.54) is 12.7 Å². The maximum absolute atomic E-state index is 11.8. The predicted molar refractivity (Wildman–Crippen MR) is 72.1 cm³/mol. The molecule has 20 heavy (non-hydrogen) atoms. The molecule has 2 aromatic rings. The fourth-order valence-corrected chi connectivity index (χ4v) is 2.49. The van der Waals surface area contributed by atoms with Crippen LogP contribution in [0.25, 0.3) is 0 Å². The molecule has 0 radical (unpaired) electrons. The molecule has 2 atom stereocenters. The number of amides is 1. The molecular formula is C15H16N2O3. The largest absolute Gasteiger partial charge is 0.451 e. The van der Waals surface area contributed by atoms with E-state index >= 15 is 0 Å². The lowest BCUT2D eigenvalue weighted by atomic mass is 9.95. The van der Waals surface area contributed by atoms with E-state index in [-0.39, 0.29) is 17.9 Å². The van der Waals surface area contributed by atoms with Gasteiger partial charge in [-0.2, -0.15) is 0 Å².